The number of benzene rings is 2. The zero-order valence-corrected chi connectivity index (χ0v) is 13.7. The molecule has 2 aromatic rings. The highest BCUT2D eigenvalue weighted by Gasteiger charge is 2.16. The van der Waals surface area contributed by atoms with Gasteiger partial charge in [-0.3, -0.25) is 4.79 Å². The summed E-state index contributed by atoms with van der Waals surface area (Å²) in [4.78, 5) is 12.5. The molecule has 2 aromatic carbocycles. The first-order valence-electron chi connectivity index (χ1n) is 6.90. The van der Waals surface area contributed by atoms with Crippen LogP contribution in [0.4, 0.5) is 0 Å². The molecule has 0 radical (unpaired) electrons. The summed E-state index contributed by atoms with van der Waals surface area (Å²) in [7, 11) is 0. The first-order chi connectivity index (χ1) is 10.1. The number of amides is 1. The fourth-order valence-electron chi connectivity index (χ4n) is 2.06. The Morgan fingerprint density at radius 3 is 2.62 bits per heavy atom. The standard InChI is InChI=1S/C17H18BrNO2/c1-3-21-16-10-9-14(18)11-15(16)17(20)19-12(2)13-7-5-4-6-8-13/h4-12H,3H2,1-2H3,(H,19,20)/t12-/m1/s1. The Bertz CT molecular complexity index is 613. The van der Waals surface area contributed by atoms with Gasteiger partial charge in [0.15, 0.2) is 0 Å². The number of halogens is 1. The molecule has 0 saturated carbocycles. The molecule has 0 heterocycles. The molecule has 110 valence electrons. The Hall–Kier alpha value is -1.81. The Morgan fingerprint density at radius 2 is 1.95 bits per heavy atom. The van der Waals surface area contributed by atoms with Crippen LogP contribution in [-0.4, -0.2) is 12.5 Å². The van der Waals surface area contributed by atoms with Crippen molar-refractivity contribution in [1.29, 1.82) is 0 Å². The highest BCUT2D eigenvalue weighted by atomic mass is 79.9. The maximum absolute atomic E-state index is 12.5. The van der Waals surface area contributed by atoms with Gasteiger partial charge in [-0.25, -0.2) is 0 Å². The minimum absolute atomic E-state index is 0.0628. The van der Waals surface area contributed by atoms with Crippen LogP contribution < -0.4 is 10.1 Å². The van der Waals surface area contributed by atoms with E-state index in [4.69, 9.17) is 4.74 Å². The lowest BCUT2D eigenvalue weighted by Gasteiger charge is -2.16. The number of nitrogens with one attached hydrogen (secondary N) is 1. The summed E-state index contributed by atoms with van der Waals surface area (Å²) in [5.74, 6) is 0.453. The number of carbonyl (C=O) groups is 1. The molecule has 0 unspecified atom stereocenters. The SMILES string of the molecule is CCOc1ccc(Br)cc1C(=O)N[C@H](C)c1ccccc1. The molecule has 3 nitrogen and oxygen atoms in total. The Kier molecular flexibility index (Phi) is 5.39. The van der Waals surface area contributed by atoms with E-state index < -0.39 is 0 Å². The topological polar surface area (TPSA) is 38.3 Å². The normalized spacial score (nSPS) is 11.8. The van der Waals surface area contributed by atoms with Gasteiger partial charge in [0.25, 0.3) is 5.91 Å². The van der Waals surface area contributed by atoms with E-state index in [2.05, 4.69) is 21.2 Å². The molecule has 1 amide bonds. The summed E-state index contributed by atoms with van der Waals surface area (Å²) in [5, 5.41) is 3.00. The number of ether oxygens (including phenoxy) is 1. The van der Waals surface area contributed by atoms with Crippen molar-refractivity contribution < 1.29 is 9.53 Å². The smallest absolute Gasteiger partial charge is 0.255 e. The molecule has 0 bridgehead atoms. The highest BCUT2D eigenvalue weighted by Crippen LogP contribution is 2.24. The lowest BCUT2D eigenvalue weighted by molar-refractivity contribution is 0.0936. The Balaban J connectivity index is 2.18. The van der Waals surface area contributed by atoms with E-state index >= 15 is 0 Å². The maximum atomic E-state index is 12.5. The molecule has 21 heavy (non-hydrogen) atoms. The zero-order valence-electron chi connectivity index (χ0n) is 12.1. The van der Waals surface area contributed by atoms with Gasteiger partial charge < -0.3 is 10.1 Å². The minimum Gasteiger partial charge on any atom is -0.493 e. The predicted octanol–water partition coefficient (Wildman–Crippen LogP) is 4.34. The van der Waals surface area contributed by atoms with Gasteiger partial charge in [0, 0.05) is 4.47 Å². The van der Waals surface area contributed by atoms with E-state index in [0.29, 0.717) is 17.9 Å². The monoisotopic (exact) mass is 347 g/mol. The molecule has 0 aliphatic rings. The van der Waals surface area contributed by atoms with Gasteiger partial charge in [0.2, 0.25) is 0 Å². The summed E-state index contributed by atoms with van der Waals surface area (Å²) < 4.78 is 6.37. The van der Waals surface area contributed by atoms with E-state index in [-0.39, 0.29) is 11.9 Å². The molecule has 2 rings (SSSR count). The summed E-state index contributed by atoms with van der Waals surface area (Å²) in [6, 6.07) is 15.2. The minimum atomic E-state index is -0.142. The quantitative estimate of drug-likeness (QED) is 0.873. The average molecular weight is 348 g/mol. The third-order valence-electron chi connectivity index (χ3n) is 3.13. The van der Waals surface area contributed by atoms with Gasteiger partial charge in [-0.1, -0.05) is 46.3 Å². The Labute approximate surface area is 133 Å². The van der Waals surface area contributed by atoms with Crippen molar-refractivity contribution in [1.82, 2.24) is 5.32 Å². The molecule has 4 heteroatoms. The van der Waals surface area contributed by atoms with Crippen LogP contribution in [0.25, 0.3) is 0 Å². The first kappa shape index (κ1) is 15.6. The third-order valence-corrected chi connectivity index (χ3v) is 3.63. The van der Waals surface area contributed by atoms with Crippen LogP contribution >= 0.6 is 15.9 Å². The average Bonchev–Trinajstić information content (AvgIpc) is 2.50. The largest absolute Gasteiger partial charge is 0.493 e. The maximum Gasteiger partial charge on any atom is 0.255 e. The van der Waals surface area contributed by atoms with Gasteiger partial charge in [0.05, 0.1) is 18.2 Å². The van der Waals surface area contributed by atoms with Crippen molar-refractivity contribution in [2.75, 3.05) is 6.61 Å². The van der Waals surface area contributed by atoms with E-state index in [1.165, 1.54) is 0 Å². The lowest BCUT2D eigenvalue weighted by atomic mass is 10.1. The van der Waals surface area contributed by atoms with E-state index in [1.54, 1.807) is 12.1 Å². The van der Waals surface area contributed by atoms with Crippen molar-refractivity contribution >= 4 is 21.8 Å². The molecule has 1 N–H and O–H groups in total. The van der Waals surface area contributed by atoms with Gasteiger partial charge in [0.1, 0.15) is 5.75 Å². The van der Waals surface area contributed by atoms with Gasteiger partial charge in [-0.05, 0) is 37.6 Å². The van der Waals surface area contributed by atoms with Crippen molar-refractivity contribution in [2.24, 2.45) is 0 Å². The van der Waals surface area contributed by atoms with Crippen molar-refractivity contribution in [3.8, 4) is 5.75 Å². The molecule has 0 saturated heterocycles. The van der Waals surface area contributed by atoms with Gasteiger partial charge >= 0.3 is 0 Å². The number of carbonyl (C=O) groups excluding carboxylic acids is 1. The second kappa shape index (κ2) is 7.27. The van der Waals surface area contributed by atoms with Crippen LogP contribution in [-0.2, 0) is 0 Å². The van der Waals surface area contributed by atoms with E-state index in [1.807, 2.05) is 50.2 Å². The third kappa shape index (κ3) is 4.08. The van der Waals surface area contributed by atoms with Crippen LogP contribution in [0, 0.1) is 0 Å². The highest BCUT2D eigenvalue weighted by molar-refractivity contribution is 9.10. The van der Waals surface area contributed by atoms with Crippen LogP contribution in [0.5, 0.6) is 5.75 Å². The summed E-state index contributed by atoms with van der Waals surface area (Å²) >= 11 is 3.39. The van der Waals surface area contributed by atoms with Crippen LogP contribution in [0.1, 0.15) is 35.8 Å². The van der Waals surface area contributed by atoms with Crippen LogP contribution in [0.15, 0.2) is 53.0 Å². The lowest BCUT2D eigenvalue weighted by Crippen LogP contribution is -2.27. The molecule has 0 aliphatic carbocycles. The van der Waals surface area contributed by atoms with E-state index in [0.717, 1.165) is 10.0 Å². The van der Waals surface area contributed by atoms with Gasteiger partial charge in [-0.2, -0.15) is 0 Å². The fourth-order valence-corrected chi connectivity index (χ4v) is 2.42. The molecule has 1 atom stereocenters. The van der Waals surface area contributed by atoms with Crippen LogP contribution in [0.3, 0.4) is 0 Å². The van der Waals surface area contributed by atoms with Crippen molar-refractivity contribution in [3.05, 3.63) is 64.1 Å². The molecule has 0 aliphatic heterocycles. The summed E-state index contributed by atoms with van der Waals surface area (Å²) in [6.45, 7) is 4.39. The first-order valence-corrected chi connectivity index (χ1v) is 7.69. The molecule has 0 spiro atoms. The van der Waals surface area contributed by atoms with Crippen molar-refractivity contribution in [2.45, 2.75) is 19.9 Å². The van der Waals surface area contributed by atoms with Crippen LogP contribution in [0.2, 0.25) is 0 Å². The number of hydrogen-bond donors (Lipinski definition) is 1. The Morgan fingerprint density at radius 1 is 1.24 bits per heavy atom. The molecular weight excluding hydrogens is 330 g/mol. The number of rotatable bonds is 5. The molecule has 0 fully saturated rings. The van der Waals surface area contributed by atoms with Crippen molar-refractivity contribution in [3.63, 3.8) is 0 Å². The summed E-state index contributed by atoms with van der Waals surface area (Å²) in [6.07, 6.45) is 0. The van der Waals surface area contributed by atoms with Gasteiger partial charge in [-0.15, -0.1) is 0 Å². The predicted molar refractivity (Wildman–Crippen MR) is 87.6 cm³/mol. The molecule has 0 aromatic heterocycles. The molecular formula is C17H18BrNO2. The second-order valence-corrected chi connectivity index (χ2v) is 5.60. The van der Waals surface area contributed by atoms with E-state index in [9.17, 15) is 4.79 Å². The number of hydrogen-bond acceptors (Lipinski definition) is 2. The fraction of sp³-hybridized carbons (Fsp3) is 0.235. The zero-order chi connectivity index (χ0) is 15.2. The second-order valence-electron chi connectivity index (χ2n) is 4.68. The summed E-state index contributed by atoms with van der Waals surface area (Å²) in [5.41, 5.74) is 1.60.